The van der Waals surface area contributed by atoms with Crippen molar-refractivity contribution < 1.29 is 38.1 Å². The number of ether oxygens (including phenoxy) is 4. The molecule has 0 radical (unpaired) electrons. The lowest BCUT2D eigenvalue weighted by atomic mass is 9.92. The van der Waals surface area contributed by atoms with Crippen molar-refractivity contribution in [2.24, 2.45) is 0 Å². The number of fused-ring (bicyclic) bond motifs is 2. The van der Waals surface area contributed by atoms with Gasteiger partial charge < -0.3 is 18.9 Å². The summed E-state index contributed by atoms with van der Waals surface area (Å²) in [4.78, 5) is 51.7. The van der Waals surface area contributed by atoms with Crippen LogP contribution in [0.2, 0.25) is 0 Å². The van der Waals surface area contributed by atoms with Crippen LogP contribution in [-0.2, 0) is 9.59 Å². The van der Waals surface area contributed by atoms with E-state index in [9.17, 15) is 19.2 Å². The highest BCUT2D eigenvalue weighted by molar-refractivity contribution is 6.11. The van der Waals surface area contributed by atoms with Gasteiger partial charge in [-0.3, -0.25) is 0 Å². The third kappa shape index (κ3) is 8.66. The predicted molar refractivity (Wildman–Crippen MR) is 241 cm³/mol. The molecule has 0 unspecified atom stereocenters. The summed E-state index contributed by atoms with van der Waals surface area (Å²) >= 11 is 0. The van der Waals surface area contributed by atoms with E-state index in [-0.39, 0.29) is 11.5 Å². The molecule has 302 valence electrons. The smallest absolute Gasteiger partial charge is 0.343 e. The highest BCUT2D eigenvalue weighted by Crippen LogP contribution is 2.46. The summed E-state index contributed by atoms with van der Waals surface area (Å²) in [7, 11) is 0. The molecule has 8 aromatic rings. The van der Waals surface area contributed by atoms with Crippen LogP contribution in [-0.4, -0.2) is 23.9 Å². The van der Waals surface area contributed by atoms with E-state index in [1.165, 1.54) is 0 Å². The molecule has 0 heterocycles. The molecule has 0 aromatic heterocycles. The van der Waals surface area contributed by atoms with Crippen molar-refractivity contribution in [3.8, 4) is 56.4 Å². The van der Waals surface area contributed by atoms with Crippen molar-refractivity contribution in [2.45, 2.75) is 13.8 Å². The Bertz CT molecular complexity index is 2840. The largest absolute Gasteiger partial charge is 0.423 e. The average molecular weight is 815 g/mol. The van der Waals surface area contributed by atoms with Crippen LogP contribution in [0.5, 0.6) is 23.0 Å². The predicted octanol–water partition coefficient (Wildman–Crippen LogP) is 12.4. The van der Waals surface area contributed by atoms with E-state index in [2.05, 4.69) is 13.2 Å². The summed E-state index contributed by atoms with van der Waals surface area (Å²) in [5, 5.41) is 3.39. The normalized spacial score (nSPS) is 10.8. The Kier molecular flexibility index (Phi) is 11.4. The SMILES string of the molecule is C=C(C)C(=O)Oc1ccc(-c2ccc(C(=O)Oc3ccc4ccccc4c3-c3c(OC(=O)c4ccc(-c5ccc(OC(=O)C(=C)C)cc5)cc4)ccc4ccccc34)cc2)cc1. The van der Waals surface area contributed by atoms with Gasteiger partial charge in [-0.25, -0.2) is 19.2 Å². The fraction of sp³-hybridized carbons (Fsp3) is 0.0370. The first-order chi connectivity index (χ1) is 30.0. The molecule has 8 rings (SSSR count). The summed E-state index contributed by atoms with van der Waals surface area (Å²) < 4.78 is 23.1. The summed E-state index contributed by atoms with van der Waals surface area (Å²) in [6.45, 7) is 10.4. The molecule has 0 saturated carbocycles. The molecule has 0 amide bonds. The molecule has 0 fully saturated rings. The number of carbonyl (C=O) groups excluding carboxylic acids is 4. The molecule has 0 aliphatic heterocycles. The van der Waals surface area contributed by atoms with Gasteiger partial charge in [0.15, 0.2) is 0 Å². The Hall–Kier alpha value is -8.36. The molecule has 8 heteroatoms. The van der Waals surface area contributed by atoms with Crippen molar-refractivity contribution in [3.63, 3.8) is 0 Å². The van der Waals surface area contributed by atoms with Crippen molar-refractivity contribution in [2.75, 3.05) is 0 Å². The highest BCUT2D eigenvalue weighted by atomic mass is 16.5. The summed E-state index contributed by atoms with van der Waals surface area (Å²) in [5.74, 6) is -0.766. The topological polar surface area (TPSA) is 105 Å². The highest BCUT2D eigenvalue weighted by Gasteiger charge is 2.23. The zero-order chi connectivity index (χ0) is 43.3. The number of rotatable bonds is 11. The second-order valence-corrected chi connectivity index (χ2v) is 14.6. The Morgan fingerprint density at radius 1 is 0.371 bits per heavy atom. The number of hydrogen-bond acceptors (Lipinski definition) is 8. The third-order valence-corrected chi connectivity index (χ3v) is 10.2. The van der Waals surface area contributed by atoms with E-state index >= 15 is 0 Å². The van der Waals surface area contributed by atoms with Crippen LogP contribution < -0.4 is 18.9 Å². The molecule has 0 atom stereocenters. The number of esters is 4. The van der Waals surface area contributed by atoms with Crippen molar-refractivity contribution in [1.29, 1.82) is 0 Å². The van der Waals surface area contributed by atoms with Gasteiger partial charge in [-0.15, -0.1) is 0 Å². The second kappa shape index (κ2) is 17.5. The maximum Gasteiger partial charge on any atom is 0.343 e. The van der Waals surface area contributed by atoms with Gasteiger partial charge in [0.05, 0.1) is 11.1 Å². The third-order valence-electron chi connectivity index (χ3n) is 10.2. The first-order valence-electron chi connectivity index (χ1n) is 19.7. The van der Waals surface area contributed by atoms with Gasteiger partial charge in [0.25, 0.3) is 0 Å². The van der Waals surface area contributed by atoms with Gasteiger partial charge in [-0.05, 0) is 118 Å². The van der Waals surface area contributed by atoms with Crippen molar-refractivity contribution in [3.05, 3.63) is 205 Å². The minimum Gasteiger partial charge on any atom is -0.423 e. The minimum atomic E-state index is -0.573. The molecule has 0 saturated heterocycles. The fourth-order valence-electron chi connectivity index (χ4n) is 6.92. The van der Waals surface area contributed by atoms with Crippen LogP contribution in [0.1, 0.15) is 34.6 Å². The van der Waals surface area contributed by atoms with Crippen LogP contribution in [0.15, 0.2) is 194 Å². The van der Waals surface area contributed by atoms with Crippen LogP contribution in [0.4, 0.5) is 0 Å². The molecule has 0 spiro atoms. The molecular weight excluding hydrogens is 777 g/mol. The van der Waals surface area contributed by atoms with Crippen molar-refractivity contribution in [1.82, 2.24) is 0 Å². The van der Waals surface area contributed by atoms with Gasteiger partial charge in [0.2, 0.25) is 0 Å². The molecule has 0 aliphatic rings. The van der Waals surface area contributed by atoms with Crippen LogP contribution in [0, 0.1) is 0 Å². The fourth-order valence-corrected chi connectivity index (χ4v) is 6.92. The van der Waals surface area contributed by atoms with E-state index in [0.717, 1.165) is 43.8 Å². The molecule has 62 heavy (non-hydrogen) atoms. The summed E-state index contributed by atoms with van der Waals surface area (Å²) in [6, 6.07) is 51.0. The lowest BCUT2D eigenvalue weighted by Gasteiger charge is -2.19. The van der Waals surface area contributed by atoms with Gasteiger partial charge in [0, 0.05) is 22.3 Å². The minimum absolute atomic E-state index is 0.288. The lowest BCUT2D eigenvalue weighted by molar-refractivity contribution is -0.130. The maximum atomic E-state index is 13.9. The molecule has 8 nitrogen and oxygen atoms in total. The Labute approximate surface area is 357 Å². The van der Waals surface area contributed by atoms with E-state index in [1.807, 2.05) is 109 Å². The van der Waals surface area contributed by atoms with E-state index in [4.69, 9.17) is 18.9 Å². The quantitative estimate of drug-likeness (QED) is 0.0722. The van der Waals surface area contributed by atoms with Crippen molar-refractivity contribution >= 4 is 45.4 Å². The molecular formula is C54H38O8. The average Bonchev–Trinajstić information content (AvgIpc) is 3.29. The lowest BCUT2D eigenvalue weighted by Crippen LogP contribution is -2.11. The Morgan fingerprint density at radius 2 is 0.694 bits per heavy atom. The Morgan fingerprint density at radius 3 is 1.03 bits per heavy atom. The number of carbonyl (C=O) groups is 4. The van der Waals surface area contributed by atoms with Crippen LogP contribution in [0.3, 0.4) is 0 Å². The summed E-state index contributed by atoms with van der Waals surface area (Å²) in [6.07, 6.45) is 0. The van der Waals surface area contributed by atoms with E-state index in [0.29, 0.717) is 44.9 Å². The maximum absolute atomic E-state index is 13.9. The van der Waals surface area contributed by atoms with Crippen LogP contribution in [0.25, 0.3) is 54.9 Å². The first-order valence-corrected chi connectivity index (χ1v) is 19.7. The molecule has 8 aromatic carbocycles. The first kappa shape index (κ1) is 40.4. The molecule has 0 aliphatic carbocycles. The zero-order valence-electron chi connectivity index (χ0n) is 33.8. The zero-order valence-corrected chi connectivity index (χ0v) is 33.8. The monoisotopic (exact) mass is 814 g/mol. The Balaban J connectivity index is 1.09. The van der Waals surface area contributed by atoms with Crippen LogP contribution >= 0.6 is 0 Å². The van der Waals surface area contributed by atoms with Gasteiger partial charge in [0.1, 0.15) is 23.0 Å². The second-order valence-electron chi connectivity index (χ2n) is 14.6. The molecule has 0 N–H and O–H groups in total. The number of hydrogen-bond donors (Lipinski definition) is 0. The van der Waals surface area contributed by atoms with E-state index in [1.54, 1.807) is 74.5 Å². The number of benzene rings is 8. The van der Waals surface area contributed by atoms with Gasteiger partial charge in [-0.2, -0.15) is 0 Å². The van der Waals surface area contributed by atoms with Gasteiger partial charge in [-0.1, -0.05) is 122 Å². The molecule has 0 bridgehead atoms. The van der Waals surface area contributed by atoms with E-state index < -0.39 is 23.9 Å². The standard InChI is InChI=1S/C54H38O8/c1-33(2)51(55)59-43-27-21-37(22-28-43)35-13-17-41(18-14-35)53(57)61-47-31-25-39-9-5-7-11-45(39)49(47)50-46-12-8-6-10-40(46)26-32-48(50)62-54(58)42-19-15-36(16-20-42)38-23-29-44(30-24-38)60-52(56)34(3)4/h5-32H,1,3H2,2,4H3. The summed E-state index contributed by atoms with van der Waals surface area (Å²) in [5.41, 5.74) is 5.87. The van der Waals surface area contributed by atoms with Gasteiger partial charge >= 0.3 is 23.9 Å².